The fourth-order valence-electron chi connectivity index (χ4n) is 3.84. The summed E-state index contributed by atoms with van der Waals surface area (Å²) in [4.78, 5) is 4.86. The first kappa shape index (κ1) is 26.3. The summed E-state index contributed by atoms with van der Waals surface area (Å²) in [7, 11) is 1.44. The Hall–Kier alpha value is -1.72. The van der Waals surface area contributed by atoms with Crippen LogP contribution in [-0.4, -0.2) is 17.8 Å². The smallest absolute Gasteiger partial charge is 0.207 e. The first-order chi connectivity index (χ1) is 16.4. The number of nitrogens with zero attached hydrogens (tertiary/aromatic N) is 3. The molecule has 0 radical (unpaired) electrons. The second-order valence-corrected chi connectivity index (χ2v) is 10.6. The van der Waals surface area contributed by atoms with Crippen molar-refractivity contribution in [3.05, 3.63) is 96.6 Å². The van der Waals surface area contributed by atoms with Crippen molar-refractivity contribution in [3.8, 4) is 17.0 Å². The Morgan fingerprint density at radius 3 is 2.49 bits per heavy atom. The van der Waals surface area contributed by atoms with Gasteiger partial charge in [0.25, 0.3) is 0 Å². The topological polar surface area (TPSA) is 37.7 Å². The van der Waals surface area contributed by atoms with Gasteiger partial charge in [0.05, 0.1) is 24.6 Å². The summed E-state index contributed by atoms with van der Waals surface area (Å²) in [6.07, 6.45) is 0.533. The molecule has 0 spiro atoms. The van der Waals surface area contributed by atoms with Gasteiger partial charge >= 0.3 is 0 Å². The summed E-state index contributed by atoms with van der Waals surface area (Å²) < 4.78 is 20.7. The van der Waals surface area contributed by atoms with Crippen molar-refractivity contribution in [1.82, 2.24) is 4.98 Å². The number of thiazole rings is 1. The second-order valence-electron chi connectivity index (χ2n) is 7.65. The van der Waals surface area contributed by atoms with Crippen LogP contribution < -0.4 is 9.75 Å². The van der Waals surface area contributed by atoms with Crippen molar-refractivity contribution < 1.29 is 9.13 Å². The average molecular weight is 705 g/mol. The van der Waals surface area contributed by atoms with E-state index in [1.165, 1.54) is 24.5 Å². The summed E-state index contributed by atoms with van der Waals surface area (Å²) in [5, 5.41) is 10.6. The fraction of sp³-hybridized carbons (Fsp3) is 0.120. The van der Waals surface area contributed by atoms with E-state index in [9.17, 15) is 4.39 Å². The molecule has 2 heterocycles. The van der Waals surface area contributed by atoms with Gasteiger partial charge < -0.3 is 4.74 Å². The molecule has 0 N–H and O–H groups in total. The Balaban J connectivity index is 0.00000289. The molecule has 4 aromatic rings. The molecular formula is C25H18BrCl2FIN3OS. The summed E-state index contributed by atoms with van der Waals surface area (Å²) in [6.45, 7) is 0. The minimum Gasteiger partial charge on any atom is -0.494 e. The lowest BCUT2D eigenvalue weighted by Crippen LogP contribution is -2.18. The summed E-state index contributed by atoms with van der Waals surface area (Å²) in [6, 6.07) is 18.3. The van der Waals surface area contributed by atoms with E-state index in [0.29, 0.717) is 22.0 Å². The van der Waals surface area contributed by atoms with E-state index in [2.05, 4.69) is 34.7 Å². The average Bonchev–Trinajstić information content (AvgIpc) is 3.47. The third-order valence-electron chi connectivity index (χ3n) is 5.54. The number of hydrogen-bond donors (Lipinski definition) is 0. The van der Waals surface area contributed by atoms with Crippen LogP contribution in [0, 0.1) is 9.39 Å². The Morgan fingerprint density at radius 1 is 1.06 bits per heavy atom. The number of methoxy groups -OCH3 is 1. The van der Waals surface area contributed by atoms with Crippen LogP contribution in [0.25, 0.3) is 11.3 Å². The maximum absolute atomic E-state index is 14.4. The number of aromatic nitrogens is 1. The fourth-order valence-corrected chi connectivity index (χ4v) is 5.57. The largest absolute Gasteiger partial charge is 0.494 e. The lowest BCUT2D eigenvalue weighted by molar-refractivity contribution is 0.386. The minimum absolute atomic E-state index is 0. The molecular weight excluding hydrogens is 687 g/mol. The standard InChI is InChI=1S/C25H17Cl2FIN3OS.BrH/c1-33-24-9-4-15(10-20(24)28)21-12-23(18-8-5-16(26)11-19(18)27)32(31-21)25-30-22(13-34-25)14-2-6-17(29)7-3-14;/h2-11,13,23H,12H2,1H3;1H. The van der Waals surface area contributed by atoms with Gasteiger partial charge in [0, 0.05) is 36.5 Å². The SMILES string of the molecule is Br.COc1ccc(C2=NN(c3nc(-c4ccc(I)cc4)cs3)C(c3ccc(Cl)cc3Cl)C2)cc1F. The van der Waals surface area contributed by atoms with E-state index < -0.39 is 5.82 Å². The Labute approximate surface area is 240 Å². The van der Waals surface area contributed by atoms with Crippen molar-refractivity contribution >= 4 is 85.0 Å². The second kappa shape index (κ2) is 11.1. The molecule has 1 atom stereocenters. The van der Waals surface area contributed by atoms with Gasteiger partial charge in [0.1, 0.15) is 0 Å². The number of hydrazone groups is 1. The zero-order valence-corrected chi connectivity index (χ0v) is 24.4. The van der Waals surface area contributed by atoms with Gasteiger partial charge in [-0.2, -0.15) is 5.10 Å². The lowest BCUT2D eigenvalue weighted by Gasteiger charge is -2.22. The molecule has 10 heteroatoms. The van der Waals surface area contributed by atoms with Gasteiger partial charge in [0.2, 0.25) is 5.13 Å². The van der Waals surface area contributed by atoms with Gasteiger partial charge in [-0.25, -0.2) is 14.4 Å². The molecule has 35 heavy (non-hydrogen) atoms. The molecule has 3 aromatic carbocycles. The van der Waals surface area contributed by atoms with Crippen LogP contribution in [0.15, 0.2) is 71.1 Å². The summed E-state index contributed by atoms with van der Waals surface area (Å²) in [5.41, 5.74) is 4.21. The van der Waals surface area contributed by atoms with Crippen LogP contribution in [0.5, 0.6) is 5.75 Å². The van der Waals surface area contributed by atoms with E-state index >= 15 is 0 Å². The van der Waals surface area contributed by atoms with Crippen LogP contribution >= 0.6 is 74.1 Å². The van der Waals surface area contributed by atoms with Crippen LogP contribution in [0.1, 0.15) is 23.6 Å². The summed E-state index contributed by atoms with van der Waals surface area (Å²) in [5.74, 6) is -0.240. The number of rotatable bonds is 5. The zero-order chi connectivity index (χ0) is 23.8. The molecule has 0 aliphatic carbocycles. The van der Waals surface area contributed by atoms with Crippen molar-refractivity contribution in [3.63, 3.8) is 0 Å². The predicted octanol–water partition coefficient (Wildman–Crippen LogP) is 8.80. The monoisotopic (exact) mass is 703 g/mol. The third-order valence-corrected chi connectivity index (χ3v) is 7.66. The molecule has 0 saturated carbocycles. The first-order valence-electron chi connectivity index (χ1n) is 10.3. The van der Waals surface area contributed by atoms with Crippen LogP contribution in [0.4, 0.5) is 9.52 Å². The molecule has 4 nitrogen and oxygen atoms in total. The molecule has 1 aliphatic rings. The highest BCUT2D eigenvalue weighted by atomic mass is 127. The Morgan fingerprint density at radius 2 is 1.80 bits per heavy atom. The van der Waals surface area contributed by atoms with Crippen LogP contribution in [0.3, 0.4) is 0 Å². The molecule has 0 fully saturated rings. The molecule has 0 amide bonds. The summed E-state index contributed by atoms with van der Waals surface area (Å²) >= 11 is 16.5. The van der Waals surface area contributed by atoms with Crippen molar-refractivity contribution in [1.29, 1.82) is 0 Å². The van der Waals surface area contributed by atoms with E-state index in [4.69, 9.17) is 38.0 Å². The van der Waals surface area contributed by atoms with Crippen molar-refractivity contribution in [2.45, 2.75) is 12.5 Å². The van der Waals surface area contributed by atoms with Gasteiger partial charge in [-0.15, -0.1) is 28.3 Å². The van der Waals surface area contributed by atoms with Crippen molar-refractivity contribution in [2.24, 2.45) is 5.10 Å². The molecule has 1 unspecified atom stereocenters. The van der Waals surface area contributed by atoms with Gasteiger partial charge in [-0.05, 0) is 70.6 Å². The Bertz CT molecular complexity index is 1400. The highest BCUT2D eigenvalue weighted by Gasteiger charge is 2.33. The molecule has 0 saturated heterocycles. The van der Waals surface area contributed by atoms with E-state index in [1.54, 1.807) is 12.1 Å². The van der Waals surface area contributed by atoms with E-state index in [-0.39, 0.29) is 28.8 Å². The molecule has 5 rings (SSSR count). The number of hydrogen-bond acceptors (Lipinski definition) is 5. The quantitative estimate of drug-likeness (QED) is 0.195. The molecule has 1 aromatic heterocycles. The minimum atomic E-state index is -0.433. The van der Waals surface area contributed by atoms with Gasteiger partial charge in [-0.3, -0.25) is 0 Å². The lowest BCUT2D eigenvalue weighted by atomic mass is 9.98. The first-order valence-corrected chi connectivity index (χ1v) is 13.0. The predicted molar refractivity (Wildman–Crippen MR) is 156 cm³/mol. The maximum Gasteiger partial charge on any atom is 0.207 e. The number of halogens is 5. The van der Waals surface area contributed by atoms with E-state index in [0.717, 1.165) is 31.2 Å². The van der Waals surface area contributed by atoms with E-state index in [1.807, 2.05) is 40.7 Å². The van der Waals surface area contributed by atoms with Crippen LogP contribution in [0.2, 0.25) is 10.0 Å². The van der Waals surface area contributed by atoms with Crippen molar-refractivity contribution in [2.75, 3.05) is 12.1 Å². The number of ether oxygens (including phenoxy) is 1. The van der Waals surface area contributed by atoms with Gasteiger partial charge in [-0.1, -0.05) is 41.4 Å². The maximum atomic E-state index is 14.4. The van der Waals surface area contributed by atoms with Gasteiger partial charge in [0.15, 0.2) is 11.6 Å². The Kier molecular flexibility index (Phi) is 8.38. The highest BCUT2D eigenvalue weighted by Crippen LogP contribution is 2.42. The third kappa shape index (κ3) is 5.51. The molecule has 0 bridgehead atoms. The highest BCUT2D eigenvalue weighted by molar-refractivity contribution is 14.1. The van der Waals surface area contributed by atoms with Crippen LogP contribution in [-0.2, 0) is 0 Å². The number of benzene rings is 3. The number of anilines is 1. The zero-order valence-electron chi connectivity index (χ0n) is 18.2. The molecule has 1 aliphatic heterocycles. The normalized spacial score (nSPS) is 15.1. The molecule has 180 valence electrons.